The highest BCUT2D eigenvalue weighted by Gasteiger charge is 2.39. The van der Waals surface area contributed by atoms with Crippen LogP contribution in [0.15, 0.2) is 169 Å². The Morgan fingerprint density at radius 1 is 0.465 bits per heavy atom. The number of imidazole rings is 3. The van der Waals surface area contributed by atoms with Crippen LogP contribution in [0.1, 0.15) is 84.6 Å². The number of nitrogen functional groups attached to an aromatic ring is 2. The number of carbonyl (C=O) groups is 3. The van der Waals surface area contributed by atoms with Crippen LogP contribution >= 0.6 is 0 Å². The summed E-state index contributed by atoms with van der Waals surface area (Å²) in [5.41, 5.74) is 5.69. The van der Waals surface area contributed by atoms with Crippen molar-refractivity contribution in [3.63, 3.8) is 0 Å². The molecule has 0 saturated heterocycles. The Kier molecular flexibility index (Phi) is 25.4. The van der Waals surface area contributed by atoms with Crippen LogP contribution in [-0.4, -0.2) is 143 Å². The van der Waals surface area contributed by atoms with E-state index in [2.05, 4.69) is 46.0 Å². The second-order valence-electron chi connectivity index (χ2n) is 24.9. The summed E-state index contributed by atoms with van der Waals surface area (Å²) in [7, 11) is 11.4. The van der Waals surface area contributed by atoms with E-state index in [1.165, 1.54) is 54.6 Å². The molecule has 0 saturated carbocycles. The number of anilines is 4. The molecule has 0 bridgehead atoms. The van der Waals surface area contributed by atoms with Crippen LogP contribution in [0.3, 0.4) is 0 Å². The third-order valence-electron chi connectivity index (χ3n) is 15.8. The van der Waals surface area contributed by atoms with Gasteiger partial charge < -0.3 is 60.1 Å². The fourth-order valence-corrected chi connectivity index (χ4v) is 10.6. The number of fused-ring (bicyclic) bond motifs is 1. The average molecular weight is 1590 g/mol. The number of rotatable bonds is 17. The van der Waals surface area contributed by atoms with Crippen LogP contribution in [0.5, 0.6) is 0 Å². The number of nitrogens with zero attached hydrogens (tertiary/aromatic N) is 18. The third-order valence-corrected chi connectivity index (χ3v) is 15.8. The number of halogens is 14. The van der Waals surface area contributed by atoms with Gasteiger partial charge in [0.15, 0.2) is 34.2 Å². The van der Waals surface area contributed by atoms with E-state index >= 15 is 4.39 Å². The highest BCUT2D eigenvalue weighted by molar-refractivity contribution is 6.04. The van der Waals surface area contributed by atoms with E-state index in [1.807, 2.05) is 67.7 Å². The maximum absolute atomic E-state index is 15.0. The number of aromatic carboxylic acids is 1. The number of nitrogens with one attached hydrogen (secondary N) is 2. The van der Waals surface area contributed by atoms with Crippen LogP contribution in [0, 0.1) is 51.7 Å². The van der Waals surface area contributed by atoms with Gasteiger partial charge in [-0.05, 0) is 133 Å². The summed E-state index contributed by atoms with van der Waals surface area (Å²) in [6.07, 6.45) is -4.60. The van der Waals surface area contributed by atoms with E-state index in [-0.39, 0.29) is 47.4 Å². The molecule has 0 atom stereocenters. The van der Waals surface area contributed by atoms with Gasteiger partial charge in [-0.15, -0.1) is 0 Å². The van der Waals surface area contributed by atoms with Gasteiger partial charge in [0.2, 0.25) is 0 Å². The Morgan fingerprint density at radius 2 is 0.807 bits per heavy atom. The Morgan fingerprint density at radius 3 is 1.16 bits per heavy atom. The minimum atomic E-state index is -4.90. The summed E-state index contributed by atoms with van der Waals surface area (Å²) >= 11 is 0. The first-order chi connectivity index (χ1) is 53.3. The number of hydrogen-bond donors (Lipinski definition) is 5. The number of benzene rings is 6. The number of alkyl halides is 9. The first kappa shape index (κ1) is 84.0. The molecule has 2 amide bonds. The highest BCUT2D eigenvalue weighted by atomic mass is 19.4. The molecule has 7 heterocycles. The van der Waals surface area contributed by atoms with E-state index < -0.39 is 111 Å². The van der Waals surface area contributed by atoms with Gasteiger partial charge in [-0.1, -0.05) is 12.6 Å². The molecule has 6 aromatic carbocycles. The molecule has 13 aromatic rings. The number of amides is 2. The summed E-state index contributed by atoms with van der Waals surface area (Å²) in [6.45, 7) is 1.68. The molecule has 0 spiro atoms. The summed E-state index contributed by atoms with van der Waals surface area (Å²) < 4.78 is 201. The summed E-state index contributed by atoms with van der Waals surface area (Å²) in [5, 5.41) is 45.3. The van der Waals surface area contributed by atoms with Crippen molar-refractivity contribution in [1.82, 2.24) is 77.9 Å². The van der Waals surface area contributed by atoms with Crippen LogP contribution in [0.25, 0.3) is 45.1 Å². The molecule has 7 aromatic heterocycles. The van der Waals surface area contributed by atoms with Gasteiger partial charge in [-0.2, -0.15) is 65.3 Å². The van der Waals surface area contributed by atoms with Crippen LogP contribution in [-0.2, 0) is 38.2 Å². The molecule has 41 heteroatoms. The standard InChI is InChI=1S/C24H18F5N7O.C24H20F4N8O2.C12H5F4N3O2.C12H15FN4.CH4/c1-34(2)13-22-31-7-8-35(22)15-4-6-19(18(26)10-15)32-23(37)20-11-21(24(27,28)29)33-36(20)16-3-5-17(25)14(9-16)12-30;1-34(2)12-21-30-7-8-35(21)13-3-5-17(16(25)10-13)31-23(37)18-11-20(24(26,27)28)32-36(18)14-4-6-19-15(9-14)22(29)33-38-19;13-8-2-1-7(3-6(8)5-17)19-9(11(20)21)4-10(18-19)12(14,15)16;1-16(2)8-12-15-5-6-17(12)9-3-4-11(14)10(13)7-9;/h3-11H,13H2,1-2H3,(H,32,37);3-11H,12H2,1-2H3,(H2,29,33)(H,31,37);1-4H,(H,20,21);3-7H,8,14H2,1-2H3;1H4. The lowest BCUT2D eigenvalue weighted by atomic mass is 10.2. The first-order valence-corrected chi connectivity index (χ1v) is 32.4. The van der Waals surface area contributed by atoms with E-state index in [1.54, 1.807) is 64.4 Å². The van der Waals surface area contributed by atoms with Gasteiger partial charge in [0.1, 0.15) is 70.1 Å². The maximum Gasteiger partial charge on any atom is 0.435 e. The molecule has 0 aliphatic heterocycles. The van der Waals surface area contributed by atoms with E-state index in [4.69, 9.17) is 31.6 Å². The predicted octanol–water partition coefficient (Wildman–Crippen LogP) is 13.7. The molecule has 13 rings (SSSR count). The second-order valence-corrected chi connectivity index (χ2v) is 24.9. The molecule has 27 nitrogen and oxygen atoms in total. The zero-order valence-electron chi connectivity index (χ0n) is 59.3. The fourth-order valence-electron chi connectivity index (χ4n) is 10.6. The number of hydrogen-bond acceptors (Lipinski definition) is 18. The number of carboxylic acids is 1. The zero-order valence-corrected chi connectivity index (χ0v) is 59.3. The Balaban J connectivity index is 0.000000182. The van der Waals surface area contributed by atoms with Crippen molar-refractivity contribution >= 4 is 51.6 Å². The highest BCUT2D eigenvalue weighted by Crippen LogP contribution is 2.35. The normalized spacial score (nSPS) is 11.4. The largest absolute Gasteiger partial charge is 0.477 e. The lowest BCUT2D eigenvalue weighted by Crippen LogP contribution is -2.18. The lowest BCUT2D eigenvalue weighted by Gasteiger charge is -2.13. The Labute approximate surface area is 635 Å². The van der Waals surface area contributed by atoms with Crippen molar-refractivity contribution in [3.05, 3.63) is 256 Å². The van der Waals surface area contributed by atoms with Crippen molar-refractivity contribution < 1.29 is 85.5 Å². The van der Waals surface area contributed by atoms with Gasteiger partial charge in [0.25, 0.3) is 11.8 Å². The SMILES string of the molecule is C.CN(C)Cc1nccn1-c1ccc(N)c(F)c1.CN(C)Cc1nccn1-c1ccc(NC(=O)c2cc(C(F)(F)F)nn2-c2ccc(F)c(C#N)c2)c(F)c1.CN(C)Cc1nccn1-c1ccc(NC(=O)c2cc(C(F)(F)F)nn2-c2ccc3onc(N)c3c2)c(F)c1.N#Cc1cc(-n2nc(C(F)(F)F)cc2C(=O)O)ccc1F. The van der Waals surface area contributed by atoms with Crippen molar-refractivity contribution in [1.29, 1.82) is 10.5 Å². The van der Waals surface area contributed by atoms with Gasteiger partial charge in [-0.25, -0.2) is 55.7 Å². The number of nitriles is 2. The summed E-state index contributed by atoms with van der Waals surface area (Å²) in [6, 6.07) is 27.1. The molecular formula is C73H62F14N22O5. The molecular weight excluding hydrogens is 1530 g/mol. The van der Waals surface area contributed by atoms with Crippen molar-refractivity contribution in [2.45, 2.75) is 45.6 Å². The number of carboxylic acid groups (broad SMARTS) is 1. The lowest BCUT2D eigenvalue weighted by molar-refractivity contribution is -0.142. The maximum atomic E-state index is 15.0. The molecule has 0 radical (unpaired) electrons. The first-order valence-electron chi connectivity index (χ1n) is 32.4. The average Bonchev–Trinajstić information content (AvgIpc) is 1.63. The molecule has 0 aliphatic carbocycles. The number of carbonyl (C=O) groups excluding carboxylic acids is 2. The van der Waals surface area contributed by atoms with Crippen LogP contribution in [0.4, 0.5) is 84.3 Å². The second kappa shape index (κ2) is 34.5. The van der Waals surface area contributed by atoms with Crippen molar-refractivity contribution in [2.24, 2.45) is 0 Å². The van der Waals surface area contributed by atoms with Crippen LogP contribution in [0.2, 0.25) is 0 Å². The topological polar surface area (TPSA) is 338 Å². The molecule has 0 fully saturated rings. The predicted molar refractivity (Wildman–Crippen MR) is 384 cm³/mol. The minimum Gasteiger partial charge on any atom is -0.477 e. The summed E-state index contributed by atoms with van der Waals surface area (Å²) in [5.74, 6) is -5.37. The summed E-state index contributed by atoms with van der Waals surface area (Å²) in [4.78, 5) is 55.6. The van der Waals surface area contributed by atoms with Gasteiger partial charge in [-0.3, -0.25) is 9.59 Å². The van der Waals surface area contributed by atoms with E-state index in [0.717, 1.165) is 58.7 Å². The van der Waals surface area contributed by atoms with Crippen LogP contribution < -0.4 is 22.1 Å². The monoisotopic (exact) mass is 1590 g/mol. The number of nitrogens with two attached hydrogens (primary N) is 2. The number of aromatic nitrogens is 13. The van der Waals surface area contributed by atoms with Crippen molar-refractivity contribution in [2.75, 3.05) is 64.4 Å². The fraction of sp³-hybridized carbons (Fsp3) is 0.178. The Bertz CT molecular complexity index is 5770. The zero-order chi connectivity index (χ0) is 82.3. The van der Waals surface area contributed by atoms with Gasteiger partial charge in [0, 0.05) is 90.6 Å². The quantitative estimate of drug-likeness (QED) is 0.0417. The molecule has 0 aliphatic rings. The smallest absolute Gasteiger partial charge is 0.435 e. The Hall–Kier alpha value is -14.1. The van der Waals surface area contributed by atoms with Gasteiger partial charge >= 0.3 is 24.5 Å². The van der Waals surface area contributed by atoms with Gasteiger partial charge in [0.05, 0.1) is 70.3 Å². The molecule has 0 unspecified atom stereocenters. The van der Waals surface area contributed by atoms with E-state index in [9.17, 15) is 71.5 Å². The molecule has 114 heavy (non-hydrogen) atoms. The van der Waals surface area contributed by atoms with Crippen molar-refractivity contribution in [3.8, 4) is 46.3 Å². The minimum absolute atomic E-state index is 0. The molecule has 592 valence electrons. The molecule has 7 N–H and O–H groups in total. The van der Waals surface area contributed by atoms with E-state index in [0.29, 0.717) is 81.2 Å². The third kappa shape index (κ3) is 19.6.